The second-order valence-corrected chi connectivity index (χ2v) is 8.08. The second-order valence-electron chi connectivity index (χ2n) is 5.54. The fourth-order valence-corrected chi connectivity index (χ4v) is 3.39. The van der Waals surface area contributed by atoms with Gasteiger partial charge in [0, 0.05) is 10.7 Å². The molecule has 0 saturated heterocycles. The number of hydrogen-bond donors (Lipinski definition) is 0. The maximum atomic E-state index is 12.0. The Kier molecular flexibility index (Phi) is 9.26. The first kappa shape index (κ1) is 20.0. The molecule has 0 aliphatic carbocycles. The van der Waals surface area contributed by atoms with Gasteiger partial charge in [-0.3, -0.25) is 0 Å². The first-order valence-electron chi connectivity index (χ1n) is 8.17. The van der Waals surface area contributed by atoms with Crippen LogP contribution in [0.2, 0.25) is 0 Å². The van der Waals surface area contributed by atoms with Crippen LogP contribution in [0.15, 0.2) is 29.2 Å². The Bertz CT molecular complexity index is 584. The van der Waals surface area contributed by atoms with Crippen LogP contribution in [-0.2, 0) is 13.8 Å². The zero-order valence-corrected chi connectivity index (χ0v) is 15.2. The Morgan fingerprint density at radius 1 is 1.00 bits per heavy atom. The van der Waals surface area contributed by atoms with Crippen molar-refractivity contribution in [2.75, 3.05) is 6.61 Å². The second kappa shape index (κ2) is 10.7. The van der Waals surface area contributed by atoms with Crippen LogP contribution in [0.3, 0.4) is 0 Å². The van der Waals surface area contributed by atoms with Crippen LogP contribution in [-0.4, -0.2) is 21.0 Å². The molecule has 1 rings (SSSR count). The molecule has 130 valence electrons. The van der Waals surface area contributed by atoms with Crippen LogP contribution < -0.4 is 0 Å². The molecular formula is C17H25ClO4S. The van der Waals surface area contributed by atoms with E-state index in [1.165, 1.54) is 50.3 Å². The number of unbranched alkanes of at least 4 members (excludes halogenated alkanes) is 7. The van der Waals surface area contributed by atoms with Gasteiger partial charge in [0.05, 0.1) is 17.1 Å². The van der Waals surface area contributed by atoms with E-state index in [2.05, 4.69) is 6.92 Å². The molecule has 0 N–H and O–H groups in total. The van der Waals surface area contributed by atoms with Crippen LogP contribution in [0.5, 0.6) is 0 Å². The lowest BCUT2D eigenvalue weighted by Crippen LogP contribution is -2.10. The minimum absolute atomic E-state index is 0.0120. The third-order valence-electron chi connectivity index (χ3n) is 3.60. The largest absolute Gasteiger partial charge is 0.462 e. The van der Waals surface area contributed by atoms with Gasteiger partial charge in [0.25, 0.3) is 9.05 Å². The van der Waals surface area contributed by atoms with Gasteiger partial charge in [0.2, 0.25) is 0 Å². The van der Waals surface area contributed by atoms with Crippen LogP contribution >= 0.6 is 10.7 Å². The summed E-state index contributed by atoms with van der Waals surface area (Å²) >= 11 is 0. The molecule has 1 aromatic carbocycles. The quantitative estimate of drug-likeness (QED) is 0.319. The van der Waals surface area contributed by atoms with Crippen LogP contribution in [0.4, 0.5) is 0 Å². The van der Waals surface area contributed by atoms with Gasteiger partial charge in [-0.25, -0.2) is 13.2 Å². The lowest BCUT2D eigenvalue weighted by atomic mass is 10.1. The minimum atomic E-state index is -3.96. The highest BCUT2D eigenvalue weighted by Gasteiger charge is 2.20. The van der Waals surface area contributed by atoms with Crippen LogP contribution in [0, 0.1) is 0 Å². The summed E-state index contributed by atoms with van der Waals surface area (Å²) in [5.74, 6) is -0.646. The maximum absolute atomic E-state index is 12.0. The fourth-order valence-electron chi connectivity index (χ4n) is 2.33. The summed E-state index contributed by atoms with van der Waals surface area (Å²) in [7, 11) is 1.37. The number of benzene rings is 1. The molecule has 0 radical (unpaired) electrons. The SMILES string of the molecule is CCCCCCCCCCOC(=O)c1ccccc1S(=O)(=O)Cl. The van der Waals surface area contributed by atoms with Crippen molar-refractivity contribution in [1.29, 1.82) is 0 Å². The van der Waals surface area contributed by atoms with E-state index < -0.39 is 15.0 Å². The first-order valence-corrected chi connectivity index (χ1v) is 10.5. The summed E-state index contributed by atoms with van der Waals surface area (Å²) < 4.78 is 28.0. The summed E-state index contributed by atoms with van der Waals surface area (Å²) in [5.41, 5.74) is -0.0120. The van der Waals surface area contributed by atoms with Gasteiger partial charge in [0.15, 0.2) is 0 Å². The lowest BCUT2D eigenvalue weighted by Gasteiger charge is -2.07. The average molecular weight is 361 g/mol. The fraction of sp³-hybridized carbons (Fsp3) is 0.588. The highest BCUT2D eigenvalue weighted by Crippen LogP contribution is 2.20. The summed E-state index contributed by atoms with van der Waals surface area (Å²) in [6.07, 6.45) is 9.22. The number of esters is 1. The van der Waals surface area contributed by atoms with Crippen molar-refractivity contribution in [3.8, 4) is 0 Å². The molecular weight excluding hydrogens is 336 g/mol. The minimum Gasteiger partial charge on any atom is -0.462 e. The molecule has 0 saturated carbocycles. The number of carbonyl (C=O) groups is 1. The van der Waals surface area contributed by atoms with Crippen LogP contribution in [0.25, 0.3) is 0 Å². The lowest BCUT2D eigenvalue weighted by molar-refractivity contribution is 0.0493. The third kappa shape index (κ3) is 7.84. The van der Waals surface area contributed by atoms with Gasteiger partial charge < -0.3 is 4.74 Å². The van der Waals surface area contributed by atoms with Crippen molar-refractivity contribution in [1.82, 2.24) is 0 Å². The highest BCUT2D eigenvalue weighted by atomic mass is 35.7. The number of carbonyl (C=O) groups excluding carboxylic acids is 1. The van der Waals surface area contributed by atoms with E-state index >= 15 is 0 Å². The van der Waals surface area contributed by atoms with Crippen LogP contribution in [0.1, 0.15) is 68.6 Å². The van der Waals surface area contributed by atoms with Crippen molar-refractivity contribution in [2.45, 2.75) is 63.2 Å². The maximum Gasteiger partial charge on any atom is 0.339 e. The van der Waals surface area contributed by atoms with E-state index in [0.29, 0.717) is 6.61 Å². The molecule has 0 fully saturated rings. The monoisotopic (exact) mass is 360 g/mol. The van der Waals surface area contributed by atoms with E-state index in [0.717, 1.165) is 19.3 Å². The molecule has 0 aliphatic rings. The smallest absolute Gasteiger partial charge is 0.339 e. The van der Waals surface area contributed by atoms with E-state index in [9.17, 15) is 13.2 Å². The molecule has 0 atom stereocenters. The van der Waals surface area contributed by atoms with Gasteiger partial charge in [-0.05, 0) is 18.6 Å². The van der Waals surface area contributed by atoms with E-state index in [1.54, 1.807) is 6.07 Å². The van der Waals surface area contributed by atoms with Crippen molar-refractivity contribution in [3.05, 3.63) is 29.8 Å². The molecule has 4 nitrogen and oxygen atoms in total. The summed E-state index contributed by atoms with van der Waals surface area (Å²) in [6, 6.07) is 5.81. The number of rotatable bonds is 11. The Labute approximate surface area is 143 Å². The first-order chi connectivity index (χ1) is 11.0. The van der Waals surface area contributed by atoms with Crippen molar-refractivity contribution >= 4 is 25.7 Å². The van der Waals surface area contributed by atoms with E-state index in [4.69, 9.17) is 15.4 Å². The van der Waals surface area contributed by atoms with Gasteiger partial charge >= 0.3 is 5.97 Å². The molecule has 0 bridgehead atoms. The van der Waals surface area contributed by atoms with Gasteiger partial charge in [0.1, 0.15) is 0 Å². The van der Waals surface area contributed by atoms with Crippen molar-refractivity contribution in [2.24, 2.45) is 0 Å². The van der Waals surface area contributed by atoms with Crippen molar-refractivity contribution in [3.63, 3.8) is 0 Å². The summed E-state index contributed by atoms with van der Waals surface area (Å²) in [6.45, 7) is 2.49. The Hall–Kier alpha value is -1.07. The zero-order valence-electron chi connectivity index (χ0n) is 13.6. The van der Waals surface area contributed by atoms with E-state index in [-0.39, 0.29) is 10.5 Å². The Morgan fingerprint density at radius 3 is 2.17 bits per heavy atom. The number of halogens is 1. The zero-order chi connectivity index (χ0) is 17.1. The third-order valence-corrected chi connectivity index (χ3v) is 4.98. The molecule has 0 aromatic heterocycles. The molecule has 0 spiro atoms. The summed E-state index contributed by atoms with van der Waals surface area (Å²) in [5, 5.41) is 0. The molecule has 6 heteroatoms. The molecule has 1 aromatic rings. The number of ether oxygens (including phenoxy) is 1. The molecule has 0 aliphatic heterocycles. The standard InChI is InChI=1S/C17H25ClO4S/c1-2-3-4-5-6-7-8-11-14-22-17(19)15-12-9-10-13-16(15)23(18,20)21/h9-10,12-13H,2-8,11,14H2,1H3. The normalized spacial score (nSPS) is 11.4. The van der Waals surface area contributed by atoms with Gasteiger partial charge in [-0.1, -0.05) is 64.0 Å². The predicted molar refractivity (Wildman–Crippen MR) is 92.4 cm³/mol. The number of hydrogen-bond acceptors (Lipinski definition) is 4. The summed E-state index contributed by atoms with van der Waals surface area (Å²) in [4.78, 5) is 11.8. The Morgan fingerprint density at radius 2 is 1.57 bits per heavy atom. The molecule has 0 amide bonds. The molecule has 0 unspecified atom stereocenters. The topological polar surface area (TPSA) is 60.4 Å². The van der Waals surface area contributed by atoms with Crippen molar-refractivity contribution < 1.29 is 17.9 Å². The Balaban J connectivity index is 2.30. The van der Waals surface area contributed by atoms with E-state index in [1.807, 2.05) is 0 Å². The average Bonchev–Trinajstić information content (AvgIpc) is 2.52. The predicted octanol–water partition coefficient (Wildman–Crippen LogP) is 4.91. The van der Waals surface area contributed by atoms with Gasteiger partial charge in [-0.15, -0.1) is 0 Å². The van der Waals surface area contributed by atoms with Gasteiger partial charge in [-0.2, -0.15) is 0 Å². The highest BCUT2D eigenvalue weighted by molar-refractivity contribution is 8.13. The molecule has 23 heavy (non-hydrogen) atoms. The molecule has 0 heterocycles.